The van der Waals surface area contributed by atoms with E-state index >= 15 is 0 Å². The average Bonchev–Trinajstić information content (AvgIpc) is 2.39. The van der Waals surface area contributed by atoms with Crippen LogP contribution in [0.15, 0.2) is 30.3 Å². The summed E-state index contributed by atoms with van der Waals surface area (Å²) in [5.74, 6) is 0.913. The molecular formula is C14H11Cl4NO. The SMILES string of the molecule is CNCc1ccc(Oc2cc(Cl)c(Cl)cc2Cl)c(Cl)c1. The summed E-state index contributed by atoms with van der Waals surface area (Å²) in [4.78, 5) is 0. The number of rotatable bonds is 4. The van der Waals surface area contributed by atoms with Gasteiger partial charge in [-0.2, -0.15) is 0 Å². The molecule has 0 fully saturated rings. The lowest BCUT2D eigenvalue weighted by Gasteiger charge is -2.11. The summed E-state index contributed by atoms with van der Waals surface area (Å²) in [6.45, 7) is 0.730. The van der Waals surface area contributed by atoms with Gasteiger partial charge in [-0.25, -0.2) is 0 Å². The van der Waals surface area contributed by atoms with Crippen LogP contribution in [-0.2, 0) is 6.54 Å². The van der Waals surface area contributed by atoms with Gasteiger partial charge >= 0.3 is 0 Å². The number of hydrogen-bond donors (Lipinski definition) is 1. The molecule has 2 nitrogen and oxygen atoms in total. The summed E-state index contributed by atoms with van der Waals surface area (Å²) < 4.78 is 5.68. The van der Waals surface area contributed by atoms with E-state index in [9.17, 15) is 0 Å². The van der Waals surface area contributed by atoms with Gasteiger partial charge in [-0.3, -0.25) is 0 Å². The number of benzene rings is 2. The Balaban J connectivity index is 2.28. The molecule has 2 aromatic rings. The minimum atomic E-state index is 0.369. The second-order valence-electron chi connectivity index (χ2n) is 4.09. The Morgan fingerprint density at radius 1 is 0.850 bits per heavy atom. The molecule has 0 unspecified atom stereocenters. The van der Waals surface area contributed by atoms with E-state index in [1.54, 1.807) is 12.1 Å². The third-order valence-electron chi connectivity index (χ3n) is 2.57. The molecule has 6 heteroatoms. The minimum absolute atomic E-state index is 0.369. The van der Waals surface area contributed by atoms with Gasteiger partial charge in [-0.1, -0.05) is 52.5 Å². The molecule has 0 heterocycles. The predicted octanol–water partition coefficient (Wildman–Crippen LogP) is 5.81. The topological polar surface area (TPSA) is 21.3 Å². The Kier molecular flexibility index (Phi) is 5.42. The fraction of sp³-hybridized carbons (Fsp3) is 0.143. The molecule has 0 radical (unpaired) electrons. The lowest BCUT2D eigenvalue weighted by Crippen LogP contribution is -2.04. The third kappa shape index (κ3) is 3.72. The quantitative estimate of drug-likeness (QED) is 0.702. The largest absolute Gasteiger partial charge is 0.454 e. The first kappa shape index (κ1) is 15.7. The first-order valence-corrected chi connectivity index (χ1v) is 7.28. The van der Waals surface area contributed by atoms with Crippen molar-refractivity contribution in [3.63, 3.8) is 0 Å². The van der Waals surface area contributed by atoms with Gasteiger partial charge in [0.25, 0.3) is 0 Å². The van der Waals surface area contributed by atoms with Gasteiger partial charge in [-0.05, 0) is 30.8 Å². The van der Waals surface area contributed by atoms with Gasteiger partial charge in [0.05, 0.1) is 20.1 Å². The van der Waals surface area contributed by atoms with E-state index in [0.29, 0.717) is 31.6 Å². The number of ether oxygens (including phenoxy) is 1. The predicted molar refractivity (Wildman–Crippen MR) is 85.8 cm³/mol. The Labute approximate surface area is 137 Å². The fourth-order valence-corrected chi connectivity index (χ4v) is 2.46. The fourth-order valence-electron chi connectivity index (χ4n) is 1.64. The van der Waals surface area contributed by atoms with Crippen LogP contribution in [0, 0.1) is 0 Å². The van der Waals surface area contributed by atoms with Crippen molar-refractivity contribution in [2.75, 3.05) is 7.05 Å². The second kappa shape index (κ2) is 6.88. The Hall–Kier alpha value is -0.640. The highest BCUT2D eigenvalue weighted by Crippen LogP contribution is 2.38. The van der Waals surface area contributed by atoms with Crippen LogP contribution in [0.1, 0.15) is 5.56 Å². The summed E-state index contributed by atoms with van der Waals surface area (Å²) >= 11 is 24.1. The molecule has 2 aromatic carbocycles. The Morgan fingerprint density at radius 3 is 2.15 bits per heavy atom. The summed E-state index contributed by atoms with van der Waals surface area (Å²) in [6, 6.07) is 8.63. The van der Waals surface area contributed by atoms with E-state index in [-0.39, 0.29) is 0 Å². The minimum Gasteiger partial charge on any atom is -0.454 e. The first-order chi connectivity index (χ1) is 9.51. The lowest BCUT2D eigenvalue weighted by molar-refractivity contribution is 0.483. The summed E-state index contributed by atoms with van der Waals surface area (Å²) in [5.41, 5.74) is 1.06. The Bertz CT molecular complexity index is 631. The maximum Gasteiger partial charge on any atom is 0.147 e. The molecule has 0 aliphatic rings. The summed E-state index contributed by atoms with van der Waals surface area (Å²) in [5, 5.41) is 4.66. The van der Waals surface area contributed by atoms with Crippen LogP contribution < -0.4 is 10.1 Å². The van der Waals surface area contributed by atoms with E-state index in [4.69, 9.17) is 51.1 Å². The van der Waals surface area contributed by atoms with Crippen molar-refractivity contribution >= 4 is 46.4 Å². The molecule has 106 valence electrons. The van der Waals surface area contributed by atoms with Crippen molar-refractivity contribution in [3.8, 4) is 11.5 Å². The maximum absolute atomic E-state index is 6.18. The van der Waals surface area contributed by atoms with Crippen LogP contribution in [0.3, 0.4) is 0 Å². The lowest BCUT2D eigenvalue weighted by atomic mass is 10.2. The van der Waals surface area contributed by atoms with E-state index in [1.165, 1.54) is 6.07 Å². The molecule has 1 N–H and O–H groups in total. The number of halogens is 4. The van der Waals surface area contributed by atoms with Gasteiger partial charge in [-0.15, -0.1) is 0 Å². The molecule has 0 saturated heterocycles. The van der Waals surface area contributed by atoms with Crippen LogP contribution in [0.4, 0.5) is 0 Å². The number of nitrogens with one attached hydrogen (secondary N) is 1. The van der Waals surface area contributed by atoms with E-state index < -0.39 is 0 Å². The monoisotopic (exact) mass is 349 g/mol. The zero-order valence-corrected chi connectivity index (χ0v) is 13.5. The molecule has 20 heavy (non-hydrogen) atoms. The van der Waals surface area contributed by atoms with Crippen LogP contribution >= 0.6 is 46.4 Å². The summed E-state index contributed by atoms with van der Waals surface area (Å²) in [7, 11) is 1.87. The van der Waals surface area contributed by atoms with Crippen molar-refractivity contribution in [1.82, 2.24) is 5.32 Å². The molecule has 0 bridgehead atoms. The molecule has 0 aliphatic carbocycles. The van der Waals surface area contributed by atoms with E-state index in [0.717, 1.165) is 12.1 Å². The van der Waals surface area contributed by atoms with Crippen LogP contribution in [-0.4, -0.2) is 7.05 Å². The molecule has 0 saturated carbocycles. The van der Waals surface area contributed by atoms with Crippen LogP contribution in [0.2, 0.25) is 20.1 Å². The van der Waals surface area contributed by atoms with Crippen molar-refractivity contribution in [2.24, 2.45) is 0 Å². The molecule has 0 spiro atoms. The van der Waals surface area contributed by atoms with Crippen LogP contribution in [0.5, 0.6) is 11.5 Å². The van der Waals surface area contributed by atoms with Gasteiger partial charge in [0.15, 0.2) is 0 Å². The van der Waals surface area contributed by atoms with Gasteiger partial charge in [0, 0.05) is 12.6 Å². The zero-order chi connectivity index (χ0) is 14.7. The first-order valence-electron chi connectivity index (χ1n) is 5.76. The highest BCUT2D eigenvalue weighted by molar-refractivity contribution is 6.43. The maximum atomic E-state index is 6.18. The third-order valence-corrected chi connectivity index (χ3v) is 3.88. The smallest absolute Gasteiger partial charge is 0.147 e. The standard InChI is InChI=1S/C14H11Cl4NO/c1-19-7-8-2-3-13(11(17)4-8)20-14-6-10(16)9(15)5-12(14)18/h2-6,19H,7H2,1H3. The van der Waals surface area contributed by atoms with E-state index in [2.05, 4.69) is 5.32 Å². The van der Waals surface area contributed by atoms with Gasteiger partial charge in [0.2, 0.25) is 0 Å². The highest BCUT2D eigenvalue weighted by atomic mass is 35.5. The van der Waals surface area contributed by atoms with Crippen molar-refractivity contribution in [2.45, 2.75) is 6.54 Å². The van der Waals surface area contributed by atoms with Gasteiger partial charge < -0.3 is 10.1 Å². The highest BCUT2D eigenvalue weighted by Gasteiger charge is 2.10. The van der Waals surface area contributed by atoms with E-state index in [1.807, 2.05) is 19.2 Å². The van der Waals surface area contributed by atoms with Gasteiger partial charge in [0.1, 0.15) is 11.5 Å². The molecule has 0 aliphatic heterocycles. The molecule has 0 amide bonds. The second-order valence-corrected chi connectivity index (χ2v) is 5.72. The van der Waals surface area contributed by atoms with Crippen molar-refractivity contribution < 1.29 is 4.74 Å². The van der Waals surface area contributed by atoms with Crippen LogP contribution in [0.25, 0.3) is 0 Å². The normalized spacial score (nSPS) is 10.7. The summed E-state index contributed by atoms with van der Waals surface area (Å²) in [6.07, 6.45) is 0. The molecule has 0 aromatic heterocycles. The van der Waals surface area contributed by atoms with Crippen molar-refractivity contribution in [3.05, 3.63) is 56.0 Å². The molecule has 0 atom stereocenters. The molecular weight excluding hydrogens is 340 g/mol. The zero-order valence-electron chi connectivity index (χ0n) is 10.5. The number of hydrogen-bond acceptors (Lipinski definition) is 2. The van der Waals surface area contributed by atoms with Crippen molar-refractivity contribution in [1.29, 1.82) is 0 Å². The average molecular weight is 351 g/mol. The molecule has 2 rings (SSSR count). The Morgan fingerprint density at radius 2 is 1.50 bits per heavy atom.